The molecule has 0 aromatic heterocycles. The van der Waals surface area contributed by atoms with Crippen LogP contribution in [0.1, 0.15) is 49.3 Å². The molecule has 2 aliphatic rings. The molecule has 0 bridgehead atoms. The molecule has 2 aliphatic heterocycles. The number of benzene rings is 2. The monoisotopic (exact) mass is 433 g/mol. The van der Waals surface area contributed by atoms with Crippen molar-refractivity contribution in [1.29, 1.82) is 5.26 Å². The van der Waals surface area contributed by atoms with E-state index >= 15 is 0 Å². The Morgan fingerprint density at radius 3 is 2.75 bits per heavy atom. The van der Waals surface area contributed by atoms with Gasteiger partial charge >= 0.3 is 0 Å². The van der Waals surface area contributed by atoms with Gasteiger partial charge in [-0.15, -0.1) is 0 Å². The summed E-state index contributed by atoms with van der Waals surface area (Å²) < 4.78 is 10.7. The normalized spacial score (nSPS) is 17.6. The van der Waals surface area contributed by atoms with Gasteiger partial charge < -0.3 is 19.7 Å². The van der Waals surface area contributed by atoms with Crippen molar-refractivity contribution in [2.45, 2.75) is 50.6 Å². The molecule has 2 amide bonds. The van der Waals surface area contributed by atoms with Crippen molar-refractivity contribution < 1.29 is 19.1 Å². The molecule has 1 unspecified atom stereocenters. The number of aryl methyl sites for hydroxylation is 1. The molecule has 1 fully saturated rings. The van der Waals surface area contributed by atoms with Gasteiger partial charge in [-0.1, -0.05) is 36.4 Å². The Labute approximate surface area is 187 Å². The molecule has 166 valence electrons. The average Bonchev–Trinajstić information content (AvgIpc) is 3.50. The molecule has 1 N–H and O–H groups in total. The van der Waals surface area contributed by atoms with Gasteiger partial charge in [-0.3, -0.25) is 9.59 Å². The topological polar surface area (TPSA) is 91.7 Å². The molecule has 2 atom stereocenters. The van der Waals surface area contributed by atoms with Gasteiger partial charge in [0.2, 0.25) is 18.6 Å². The fourth-order valence-corrected chi connectivity index (χ4v) is 4.25. The van der Waals surface area contributed by atoms with Crippen LogP contribution in [0.3, 0.4) is 0 Å². The van der Waals surface area contributed by atoms with Gasteiger partial charge in [0, 0.05) is 13.0 Å². The van der Waals surface area contributed by atoms with Crippen LogP contribution in [0.25, 0.3) is 0 Å². The number of amides is 2. The Morgan fingerprint density at radius 2 is 1.94 bits per heavy atom. The van der Waals surface area contributed by atoms with Crippen molar-refractivity contribution >= 4 is 11.8 Å². The summed E-state index contributed by atoms with van der Waals surface area (Å²) in [6.07, 6.45) is 4.49. The number of hydrogen-bond donors (Lipinski definition) is 1. The maximum absolute atomic E-state index is 12.9. The van der Waals surface area contributed by atoms with Crippen LogP contribution >= 0.6 is 0 Å². The van der Waals surface area contributed by atoms with Gasteiger partial charge in [0.15, 0.2) is 11.5 Å². The predicted molar refractivity (Wildman–Crippen MR) is 118 cm³/mol. The minimum atomic E-state index is -0.819. The van der Waals surface area contributed by atoms with Gasteiger partial charge in [0.25, 0.3) is 0 Å². The number of nitrogens with zero attached hydrogens (tertiary/aromatic N) is 2. The SMILES string of the molecule is N#CC(NC(=O)[C@@H]1CCCN1C(=O)CCCCc1ccccc1)c1ccc2c(c1)OCO2. The van der Waals surface area contributed by atoms with E-state index < -0.39 is 12.1 Å². The van der Waals surface area contributed by atoms with E-state index in [4.69, 9.17) is 9.47 Å². The molecular formula is C25H27N3O4. The van der Waals surface area contributed by atoms with E-state index in [1.54, 1.807) is 23.1 Å². The molecule has 2 aromatic rings. The lowest BCUT2D eigenvalue weighted by atomic mass is 10.1. The molecule has 0 aliphatic carbocycles. The number of nitriles is 1. The van der Waals surface area contributed by atoms with Crippen molar-refractivity contribution in [3.8, 4) is 17.6 Å². The Balaban J connectivity index is 1.30. The van der Waals surface area contributed by atoms with Crippen LogP contribution in [0.15, 0.2) is 48.5 Å². The van der Waals surface area contributed by atoms with Crippen LogP contribution in [-0.4, -0.2) is 36.1 Å². The molecule has 0 spiro atoms. The number of likely N-dealkylation sites (tertiary alicyclic amines) is 1. The summed E-state index contributed by atoms with van der Waals surface area (Å²) in [6.45, 7) is 0.726. The Hall–Kier alpha value is -3.53. The number of nitrogens with one attached hydrogen (secondary N) is 1. The first kappa shape index (κ1) is 21.7. The highest BCUT2D eigenvalue weighted by atomic mass is 16.7. The summed E-state index contributed by atoms with van der Waals surface area (Å²) in [5.74, 6) is 0.901. The van der Waals surface area contributed by atoms with Gasteiger partial charge in [0.1, 0.15) is 12.1 Å². The summed E-state index contributed by atoms with van der Waals surface area (Å²) in [6, 6.07) is 16.2. The zero-order chi connectivity index (χ0) is 22.3. The van der Waals surface area contributed by atoms with E-state index in [2.05, 4.69) is 23.5 Å². The molecule has 2 heterocycles. The zero-order valence-electron chi connectivity index (χ0n) is 18.0. The van der Waals surface area contributed by atoms with Crippen molar-refractivity contribution in [2.24, 2.45) is 0 Å². The standard InChI is InChI=1S/C25H27N3O4/c26-16-20(19-12-13-22-23(15-19)32-17-31-22)27-25(30)21-10-6-14-28(21)24(29)11-5-4-9-18-7-2-1-3-8-18/h1-3,7-8,12-13,15,20-21H,4-6,9-11,14,17H2,(H,27,30)/t20?,21-/m0/s1. The highest BCUT2D eigenvalue weighted by molar-refractivity contribution is 5.88. The number of carbonyl (C=O) groups excluding carboxylic acids is 2. The van der Waals surface area contributed by atoms with Crippen LogP contribution in [0.5, 0.6) is 11.5 Å². The van der Waals surface area contributed by atoms with Crippen molar-refractivity contribution in [1.82, 2.24) is 10.2 Å². The summed E-state index contributed by atoms with van der Waals surface area (Å²) in [7, 11) is 0. The smallest absolute Gasteiger partial charge is 0.244 e. The second-order valence-corrected chi connectivity index (χ2v) is 8.12. The highest BCUT2D eigenvalue weighted by Crippen LogP contribution is 2.34. The third-order valence-corrected chi connectivity index (χ3v) is 5.97. The number of ether oxygens (including phenoxy) is 2. The minimum Gasteiger partial charge on any atom is -0.454 e. The Kier molecular flexibility index (Phi) is 6.90. The first-order valence-corrected chi connectivity index (χ1v) is 11.1. The fourth-order valence-electron chi connectivity index (χ4n) is 4.25. The lowest BCUT2D eigenvalue weighted by Gasteiger charge is -2.25. The quantitative estimate of drug-likeness (QED) is 0.644. The van der Waals surface area contributed by atoms with E-state index in [0.29, 0.717) is 36.4 Å². The molecule has 7 heteroatoms. The van der Waals surface area contributed by atoms with E-state index in [1.165, 1.54) is 5.56 Å². The van der Waals surface area contributed by atoms with Gasteiger partial charge in [-0.25, -0.2) is 0 Å². The van der Waals surface area contributed by atoms with Gasteiger partial charge in [-0.05, 0) is 55.4 Å². The molecule has 0 radical (unpaired) electrons. The molecular weight excluding hydrogens is 406 g/mol. The van der Waals surface area contributed by atoms with E-state index in [9.17, 15) is 14.9 Å². The van der Waals surface area contributed by atoms with Crippen molar-refractivity contribution in [2.75, 3.05) is 13.3 Å². The van der Waals surface area contributed by atoms with Gasteiger partial charge in [0.05, 0.1) is 6.07 Å². The van der Waals surface area contributed by atoms with Crippen molar-refractivity contribution in [3.63, 3.8) is 0 Å². The van der Waals surface area contributed by atoms with E-state index in [-0.39, 0.29) is 18.6 Å². The molecule has 7 nitrogen and oxygen atoms in total. The summed E-state index contributed by atoms with van der Waals surface area (Å²) in [5, 5.41) is 12.4. The Morgan fingerprint density at radius 1 is 1.12 bits per heavy atom. The van der Waals surface area contributed by atoms with Crippen LogP contribution in [0.2, 0.25) is 0 Å². The number of unbranched alkanes of at least 4 members (excludes halogenated alkanes) is 1. The lowest BCUT2D eigenvalue weighted by Crippen LogP contribution is -2.46. The summed E-state index contributed by atoms with van der Waals surface area (Å²) >= 11 is 0. The predicted octanol–water partition coefficient (Wildman–Crippen LogP) is 3.50. The molecule has 2 aromatic carbocycles. The molecule has 32 heavy (non-hydrogen) atoms. The van der Waals surface area contributed by atoms with Crippen LogP contribution in [0, 0.1) is 11.3 Å². The van der Waals surface area contributed by atoms with Crippen molar-refractivity contribution in [3.05, 3.63) is 59.7 Å². The van der Waals surface area contributed by atoms with E-state index in [1.807, 2.05) is 18.2 Å². The Bertz CT molecular complexity index is 1000. The third-order valence-electron chi connectivity index (χ3n) is 5.97. The first-order valence-electron chi connectivity index (χ1n) is 11.1. The number of fused-ring (bicyclic) bond motifs is 1. The number of hydrogen-bond acceptors (Lipinski definition) is 5. The average molecular weight is 434 g/mol. The largest absolute Gasteiger partial charge is 0.454 e. The maximum atomic E-state index is 12.9. The van der Waals surface area contributed by atoms with Crippen LogP contribution in [0.4, 0.5) is 0 Å². The summed E-state index contributed by atoms with van der Waals surface area (Å²) in [5.41, 5.74) is 1.89. The maximum Gasteiger partial charge on any atom is 0.244 e. The number of rotatable bonds is 8. The van der Waals surface area contributed by atoms with E-state index in [0.717, 1.165) is 25.7 Å². The highest BCUT2D eigenvalue weighted by Gasteiger charge is 2.34. The lowest BCUT2D eigenvalue weighted by molar-refractivity contribution is -0.138. The van der Waals surface area contributed by atoms with Gasteiger partial charge in [-0.2, -0.15) is 5.26 Å². The third kappa shape index (κ3) is 5.02. The van der Waals surface area contributed by atoms with Crippen LogP contribution in [-0.2, 0) is 16.0 Å². The summed E-state index contributed by atoms with van der Waals surface area (Å²) in [4.78, 5) is 27.4. The molecule has 4 rings (SSSR count). The minimum absolute atomic E-state index is 0.00676. The van der Waals surface area contributed by atoms with Crippen LogP contribution < -0.4 is 14.8 Å². The molecule has 0 saturated carbocycles. The second-order valence-electron chi connectivity index (χ2n) is 8.12. The number of carbonyl (C=O) groups is 2. The first-order chi connectivity index (χ1) is 15.7. The fraction of sp³-hybridized carbons (Fsp3) is 0.400. The second kappa shape index (κ2) is 10.2. The molecule has 1 saturated heterocycles. The zero-order valence-corrected chi connectivity index (χ0v) is 18.0.